The van der Waals surface area contributed by atoms with Gasteiger partial charge in [0.25, 0.3) is 0 Å². The highest BCUT2D eigenvalue weighted by Crippen LogP contribution is 2.27. The summed E-state index contributed by atoms with van der Waals surface area (Å²) in [6, 6.07) is 1.04. The standard InChI is InChI=1S/C17H32N4/c1-4-13-18-14-11-9-7-8-10-12-15(14)21-17(6-3)19-16(5-2)20-21/h14-15,18H,4-13H2,1-3H3. The van der Waals surface area contributed by atoms with Crippen molar-refractivity contribution >= 4 is 0 Å². The summed E-state index contributed by atoms with van der Waals surface area (Å²) in [6.45, 7) is 7.69. The molecule has 0 spiro atoms. The Balaban J connectivity index is 2.22. The summed E-state index contributed by atoms with van der Waals surface area (Å²) in [5.74, 6) is 2.17. The average Bonchev–Trinajstić information content (AvgIpc) is 2.89. The molecule has 1 fully saturated rings. The molecule has 2 rings (SSSR count). The van der Waals surface area contributed by atoms with Crippen molar-refractivity contribution < 1.29 is 0 Å². The Kier molecular flexibility index (Phi) is 6.68. The third kappa shape index (κ3) is 4.29. The van der Waals surface area contributed by atoms with Crippen LogP contribution in [0.1, 0.15) is 83.4 Å². The smallest absolute Gasteiger partial charge is 0.150 e. The van der Waals surface area contributed by atoms with Gasteiger partial charge in [0, 0.05) is 18.9 Å². The van der Waals surface area contributed by atoms with Crippen LogP contribution in [0.15, 0.2) is 0 Å². The first-order valence-electron chi connectivity index (χ1n) is 8.97. The lowest BCUT2D eigenvalue weighted by Crippen LogP contribution is -2.39. The third-order valence-corrected chi connectivity index (χ3v) is 4.58. The molecule has 120 valence electrons. The van der Waals surface area contributed by atoms with Gasteiger partial charge in [-0.3, -0.25) is 0 Å². The monoisotopic (exact) mass is 292 g/mol. The number of aryl methyl sites for hydroxylation is 2. The summed E-state index contributed by atoms with van der Waals surface area (Å²) in [4.78, 5) is 4.72. The van der Waals surface area contributed by atoms with Gasteiger partial charge in [0.1, 0.15) is 5.82 Å². The highest BCUT2D eigenvalue weighted by Gasteiger charge is 2.26. The molecule has 1 heterocycles. The minimum atomic E-state index is 0.486. The highest BCUT2D eigenvalue weighted by atomic mass is 15.4. The van der Waals surface area contributed by atoms with Crippen LogP contribution in [0.25, 0.3) is 0 Å². The van der Waals surface area contributed by atoms with Crippen molar-refractivity contribution in [2.45, 2.75) is 90.6 Å². The van der Waals surface area contributed by atoms with Crippen LogP contribution in [0, 0.1) is 0 Å². The Morgan fingerprint density at radius 3 is 2.48 bits per heavy atom. The van der Waals surface area contributed by atoms with Gasteiger partial charge >= 0.3 is 0 Å². The Hall–Kier alpha value is -0.900. The van der Waals surface area contributed by atoms with Gasteiger partial charge in [0.15, 0.2) is 5.82 Å². The van der Waals surface area contributed by atoms with E-state index in [4.69, 9.17) is 10.1 Å². The molecule has 1 aliphatic carbocycles. The quantitative estimate of drug-likeness (QED) is 0.870. The Labute approximate surface area is 129 Å². The number of hydrogen-bond acceptors (Lipinski definition) is 3. The molecule has 0 amide bonds. The Morgan fingerprint density at radius 2 is 1.81 bits per heavy atom. The van der Waals surface area contributed by atoms with Crippen molar-refractivity contribution in [1.82, 2.24) is 20.1 Å². The second-order valence-electron chi connectivity index (χ2n) is 6.22. The molecule has 0 aromatic carbocycles. The maximum atomic E-state index is 4.82. The summed E-state index contributed by atoms with van der Waals surface area (Å²) in [6.07, 6.45) is 11.0. The van der Waals surface area contributed by atoms with E-state index in [0.29, 0.717) is 12.1 Å². The van der Waals surface area contributed by atoms with Gasteiger partial charge < -0.3 is 5.32 Å². The number of aromatic nitrogens is 3. The van der Waals surface area contributed by atoms with Crippen molar-refractivity contribution in [1.29, 1.82) is 0 Å². The molecule has 1 saturated carbocycles. The molecule has 0 radical (unpaired) electrons. The van der Waals surface area contributed by atoms with E-state index in [0.717, 1.165) is 25.2 Å². The van der Waals surface area contributed by atoms with Crippen molar-refractivity contribution in [3.63, 3.8) is 0 Å². The topological polar surface area (TPSA) is 42.7 Å². The fourth-order valence-electron chi connectivity index (χ4n) is 3.39. The fourth-order valence-corrected chi connectivity index (χ4v) is 3.39. The number of hydrogen-bond donors (Lipinski definition) is 1. The van der Waals surface area contributed by atoms with Crippen LogP contribution in [0.3, 0.4) is 0 Å². The van der Waals surface area contributed by atoms with Crippen LogP contribution < -0.4 is 5.32 Å². The molecule has 2 unspecified atom stereocenters. The molecule has 1 aromatic heterocycles. The summed E-state index contributed by atoms with van der Waals surface area (Å²) >= 11 is 0. The minimum absolute atomic E-state index is 0.486. The molecule has 1 aromatic rings. The van der Waals surface area contributed by atoms with E-state index in [-0.39, 0.29) is 0 Å². The zero-order chi connectivity index (χ0) is 15.1. The zero-order valence-electron chi connectivity index (χ0n) is 14.1. The number of nitrogens with zero attached hydrogens (tertiary/aromatic N) is 3. The second-order valence-corrected chi connectivity index (χ2v) is 6.22. The molecule has 21 heavy (non-hydrogen) atoms. The van der Waals surface area contributed by atoms with Crippen molar-refractivity contribution in [2.24, 2.45) is 0 Å². The predicted molar refractivity (Wildman–Crippen MR) is 87.6 cm³/mol. The molecule has 1 aliphatic rings. The summed E-state index contributed by atoms with van der Waals surface area (Å²) in [5, 5.41) is 8.60. The lowest BCUT2D eigenvalue weighted by molar-refractivity contribution is 0.261. The lowest BCUT2D eigenvalue weighted by atomic mass is 9.92. The molecule has 1 N–H and O–H groups in total. The molecular formula is C17H32N4. The molecule has 4 heteroatoms. The maximum Gasteiger partial charge on any atom is 0.150 e. The Morgan fingerprint density at radius 1 is 1.05 bits per heavy atom. The van der Waals surface area contributed by atoms with Gasteiger partial charge in [-0.05, 0) is 25.8 Å². The fraction of sp³-hybridized carbons (Fsp3) is 0.882. The van der Waals surface area contributed by atoms with E-state index in [1.807, 2.05) is 0 Å². The molecule has 0 saturated heterocycles. The van der Waals surface area contributed by atoms with Gasteiger partial charge in [-0.2, -0.15) is 5.10 Å². The molecule has 4 nitrogen and oxygen atoms in total. The van der Waals surface area contributed by atoms with Crippen molar-refractivity contribution in [2.75, 3.05) is 6.54 Å². The number of nitrogens with one attached hydrogen (secondary N) is 1. The average molecular weight is 292 g/mol. The van der Waals surface area contributed by atoms with Crippen molar-refractivity contribution in [3.8, 4) is 0 Å². The largest absolute Gasteiger partial charge is 0.312 e. The Bertz CT molecular complexity index is 411. The number of rotatable bonds is 6. The lowest BCUT2D eigenvalue weighted by Gasteiger charge is -2.31. The second kappa shape index (κ2) is 8.52. The van der Waals surface area contributed by atoms with Crippen molar-refractivity contribution in [3.05, 3.63) is 11.6 Å². The minimum Gasteiger partial charge on any atom is -0.312 e. The van der Waals surface area contributed by atoms with E-state index in [2.05, 4.69) is 30.8 Å². The summed E-state index contributed by atoms with van der Waals surface area (Å²) in [5.41, 5.74) is 0. The first-order valence-corrected chi connectivity index (χ1v) is 8.97. The van der Waals surface area contributed by atoms with Crippen LogP contribution in [-0.4, -0.2) is 27.4 Å². The zero-order valence-corrected chi connectivity index (χ0v) is 14.1. The van der Waals surface area contributed by atoms with E-state index in [1.165, 1.54) is 50.8 Å². The first-order chi connectivity index (χ1) is 10.3. The molecule has 0 bridgehead atoms. The van der Waals surface area contributed by atoms with Crippen LogP contribution in [0.2, 0.25) is 0 Å². The van der Waals surface area contributed by atoms with Gasteiger partial charge in [-0.15, -0.1) is 0 Å². The van der Waals surface area contributed by atoms with Crippen LogP contribution in [0.4, 0.5) is 0 Å². The SMILES string of the molecule is CCCNC1CCCCCCC1n1nc(CC)nc1CC. The third-order valence-electron chi connectivity index (χ3n) is 4.58. The molecule has 0 aliphatic heterocycles. The highest BCUT2D eigenvalue weighted by molar-refractivity contribution is 4.97. The first kappa shape index (κ1) is 16.5. The van der Waals surface area contributed by atoms with Gasteiger partial charge in [-0.25, -0.2) is 9.67 Å². The van der Waals surface area contributed by atoms with Gasteiger partial charge in [0.05, 0.1) is 6.04 Å². The maximum absolute atomic E-state index is 4.82. The van der Waals surface area contributed by atoms with E-state index < -0.39 is 0 Å². The predicted octanol–water partition coefficient (Wildman–Crippen LogP) is 3.67. The normalized spacial score (nSPS) is 23.8. The summed E-state index contributed by atoms with van der Waals surface area (Å²) < 4.78 is 2.26. The van der Waals surface area contributed by atoms with E-state index >= 15 is 0 Å². The van der Waals surface area contributed by atoms with E-state index in [1.54, 1.807) is 0 Å². The van der Waals surface area contributed by atoms with Crippen LogP contribution in [0.5, 0.6) is 0 Å². The molecular weight excluding hydrogens is 260 g/mol. The summed E-state index contributed by atoms with van der Waals surface area (Å²) in [7, 11) is 0. The van der Waals surface area contributed by atoms with Gasteiger partial charge in [0.2, 0.25) is 0 Å². The van der Waals surface area contributed by atoms with E-state index in [9.17, 15) is 0 Å². The van der Waals surface area contributed by atoms with Gasteiger partial charge in [-0.1, -0.05) is 46.5 Å². The van der Waals surface area contributed by atoms with Crippen LogP contribution >= 0.6 is 0 Å². The molecule has 2 atom stereocenters. The van der Waals surface area contributed by atoms with Crippen LogP contribution in [-0.2, 0) is 12.8 Å².